The van der Waals surface area contributed by atoms with Gasteiger partial charge in [-0.2, -0.15) is 5.26 Å². The molecule has 1 fully saturated rings. The van der Waals surface area contributed by atoms with E-state index < -0.39 is 12.0 Å². The Bertz CT molecular complexity index is 901. The molecule has 3 rings (SSSR count). The monoisotopic (exact) mass is 358 g/mol. The topological polar surface area (TPSA) is 79.2 Å². The molecule has 0 saturated carbocycles. The molecule has 27 heavy (non-hydrogen) atoms. The Morgan fingerprint density at radius 2 is 1.89 bits per heavy atom. The van der Waals surface area contributed by atoms with Crippen LogP contribution in [0.5, 0.6) is 0 Å². The number of benzene rings is 2. The zero-order valence-corrected chi connectivity index (χ0v) is 14.9. The van der Waals surface area contributed by atoms with Gasteiger partial charge in [0.1, 0.15) is 0 Å². The third-order valence-electron chi connectivity index (χ3n) is 4.68. The number of carboxylic acid groups (broad SMARTS) is 1. The van der Waals surface area contributed by atoms with Crippen molar-refractivity contribution >= 4 is 11.7 Å². The van der Waals surface area contributed by atoms with E-state index in [1.807, 2.05) is 18.2 Å². The molecule has 1 aliphatic rings. The molecule has 0 radical (unpaired) electrons. The van der Waals surface area contributed by atoms with Crippen molar-refractivity contribution in [3.8, 4) is 18.4 Å². The van der Waals surface area contributed by atoms with Crippen LogP contribution in [0.1, 0.15) is 41.1 Å². The Labute approximate surface area is 159 Å². The second-order valence-corrected chi connectivity index (χ2v) is 6.68. The molecule has 1 N–H and O–H groups in total. The van der Waals surface area contributed by atoms with Crippen molar-refractivity contribution in [3.63, 3.8) is 0 Å². The molecular formula is C22H20N3O2-. The summed E-state index contributed by atoms with van der Waals surface area (Å²) in [6.07, 6.45) is 7.95. The first-order valence-corrected chi connectivity index (χ1v) is 8.89. The van der Waals surface area contributed by atoms with E-state index in [1.165, 1.54) is 12.8 Å². The number of rotatable bonds is 6. The van der Waals surface area contributed by atoms with E-state index in [1.54, 1.807) is 30.3 Å². The van der Waals surface area contributed by atoms with Crippen LogP contribution in [-0.2, 0) is 11.3 Å². The molecule has 2 aromatic rings. The maximum Gasteiger partial charge on any atom is 0.0991 e. The number of carbonyl (C=O) groups excluding carboxylic acids is 1. The highest BCUT2D eigenvalue weighted by molar-refractivity contribution is 5.78. The lowest BCUT2D eigenvalue weighted by atomic mass is 9.99. The molecule has 1 heterocycles. The molecule has 5 heteroatoms. The van der Waals surface area contributed by atoms with Gasteiger partial charge in [-0.15, -0.1) is 6.42 Å². The van der Waals surface area contributed by atoms with Gasteiger partial charge in [-0.3, -0.25) is 4.90 Å². The van der Waals surface area contributed by atoms with Crippen molar-refractivity contribution in [2.75, 3.05) is 18.4 Å². The summed E-state index contributed by atoms with van der Waals surface area (Å²) in [7, 11) is 0. The third-order valence-corrected chi connectivity index (χ3v) is 4.68. The SMILES string of the molecule is C#Cc1cc(CN2CCCC2)cc(C(Nc2ccc(C#N)cc2)C(=O)[O-])c1. The van der Waals surface area contributed by atoms with Gasteiger partial charge in [0.25, 0.3) is 0 Å². The number of nitriles is 1. The molecule has 1 unspecified atom stereocenters. The molecule has 0 aromatic heterocycles. The van der Waals surface area contributed by atoms with Gasteiger partial charge >= 0.3 is 0 Å². The molecule has 0 aliphatic carbocycles. The van der Waals surface area contributed by atoms with Gasteiger partial charge in [-0.1, -0.05) is 12.0 Å². The van der Waals surface area contributed by atoms with Gasteiger partial charge in [0, 0.05) is 17.8 Å². The lowest BCUT2D eigenvalue weighted by molar-refractivity contribution is -0.307. The number of aliphatic carboxylic acids is 1. The maximum atomic E-state index is 11.8. The summed E-state index contributed by atoms with van der Waals surface area (Å²) in [5, 5.41) is 23.6. The highest BCUT2D eigenvalue weighted by Crippen LogP contribution is 2.24. The van der Waals surface area contributed by atoms with E-state index in [0.29, 0.717) is 22.4 Å². The largest absolute Gasteiger partial charge is 0.548 e. The fourth-order valence-electron chi connectivity index (χ4n) is 3.34. The molecule has 1 saturated heterocycles. The molecule has 0 bridgehead atoms. The number of nitrogens with one attached hydrogen (secondary N) is 1. The minimum atomic E-state index is -1.24. The molecule has 0 amide bonds. The van der Waals surface area contributed by atoms with Gasteiger partial charge in [0.2, 0.25) is 0 Å². The molecule has 0 spiro atoms. The lowest BCUT2D eigenvalue weighted by Crippen LogP contribution is -2.34. The second-order valence-electron chi connectivity index (χ2n) is 6.68. The number of hydrogen-bond acceptors (Lipinski definition) is 5. The minimum Gasteiger partial charge on any atom is -0.548 e. The van der Waals surface area contributed by atoms with Crippen LogP contribution in [0.4, 0.5) is 5.69 Å². The molecule has 5 nitrogen and oxygen atoms in total. The Morgan fingerprint density at radius 3 is 2.48 bits per heavy atom. The Hall–Kier alpha value is -3.28. The van der Waals surface area contributed by atoms with Gasteiger partial charge in [0.05, 0.1) is 23.6 Å². The summed E-state index contributed by atoms with van der Waals surface area (Å²) in [5.41, 5.74) is 3.30. The van der Waals surface area contributed by atoms with E-state index in [2.05, 4.69) is 16.1 Å². The van der Waals surface area contributed by atoms with Crippen molar-refractivity contribution < 1.29 is 9.90 Å². The normalized spacial score (nSPS) is 14.9. The fraction of sp³-hybridized carbons (Fsp3) is 0.273. The number of anilines is 1. The van der Waals surface area contributed by atoms with E-state index in [4.69, 9.17) is 11.7 Å². The smallest absolute Gasteiger partial charge is 0.0991 e. The Kier molecular flexibility index (Phi) is 5.76. The first kappa shape index (κ1) is 18.5. The average molecular weight is 358 g/mol. The van der Waals surface area contributed by atoms with Crippen LogP contribution in [0, 0.1) is 23.7 Å². The lowest BCUT2D eigenvalue weighted by Gasteiger charge is -2.23. The number of terminal acetylenes is 1. The van der Waals surface area contributed by atoms with Gasteiger partial charge in [0.15, 0.2) is 0 Å². The highest BCUT2D eigenvalue weighted by Gasteiger charge is 2.17. The van der Waals surface area contributed by atoms with Crippen LogP contribution in [-0.4, -0.2) is 24.0 Å². The summed E-state index contributed by atoms with van der Waals surface area (Å²) in [6, 6.07) is 13.1. The van der Waals surface area contributed by atoms with Crippen LogP contribution in [0.2, 0.25) is 0 Å². The predicted molar refractivity (Wildman–Crippen MR) is 101 cm³/mol. The zero-order valence-electron chi connectivity index (χ0n) is 14.9. The average Bonchev–Trinajstić information content (AvgIpc) is 3.19. The number of carbonyl (C=O) groups is 1. The van der Waals surface area contributed by atoms with Crippen molar-refractivity contribution in [2.45, 2.75) is 25.4 Å². The van der Waals surface area contributed by atoms with Crippen molar-refractivity contribution in [3.05, 3.63) is 64.7 Å². The molecule has 1 atom stereocenters. The van der Waals surface area contributed by atoms with Gasteiger partial charge in [-0.25, -0.2) is 0 Å². The first-order valence-electron chi connectivity index (χ1n) is 8.89. The summed E-state index contributed by atoms with van der Waals surface area (Å²) < 4.78 is 0. The second kappa shape index (κ2) is 8.40. The van der Waals surface area contributed by atoms with E-state index in [9.17, 15) is 9.90 Å². The molecule has 2 aromatic carbocycles. The molecule has 1 aliphatic heterocycles. The fourth-order valence-corrected chi connectivity index (χ4v) is 3.34. The summed E-state index contributed by atoms with van der Waals surface area (Å²) >= 11 is 0. The standard InChI is InChI=1S/C22H21N3O2/c1-2-16-11-18(15-25-9-3-4-10-25)13-19(12-16)21(22(26)27)24-20-7-5-17(14-23)6-8-20/h1,5-8,11-13,21,24H,3-4,9-10,15H2,(H,26,27)/p-1. The van der Waals surface area contributed by atoms with E-state index in [-0.39, 0.29) is 0 Å². The Morgan fingerprint density at radius 1 is 1.19 bits per heavy atom. The Balaban J connectivity index is 1.88. The van der Waals surface area contributed by atoms with E-state index in [0.717, 1.165) is 25.2 Å². The van der Waals surface area contributed by atoms with Gasteiger partial charge in [-0.05, 0) is 73.5 Å². The van der Waals surface area contributed by atoms with Crippen LogP contribution in [0.25, 0.3) is 0 Å². The van der Waals surface area contributed by atoms with E-state index >= 15 is 0 Å². The number of hydrogen-bond donors (Lipinski definition) is 1. The third kappa shape index (κ3) is 4.67. The molecular weight excluding hydrogens is 338 g/mol. The van der Waals surface area contributed by atoms with Crippen molar-refractivity contribution in [1.29, 1.82) is 5.26 Å². The number of carboxylic acids is 1. The van der Waals surface area contributed by atoms with Crippen LogP contribution < -0.4 is 10.4 Å². The highest BCUT2D eigenvalue weighted by atomic mass is 16.4. The van der Waals surface area contributed by atoms with Gasteiger partial charge < -0.3 is 15.2 Å². The molecule has 136 valence electrons. The zero-order chi connectivity index (χ0) is 19.2. The van der Waals surface area contributed by atoms with Crippen LogP contribution in [0.3, 0.4) is 0 Å². The van der Waals surface area contributed by atoms with Crippen LogP contribution in [0.15, 0.2) is 42.5 Å². The first-order chi connectivity index (χ1) is 13.1. The summed E-state index contributed by atoms with van der Waals surface area (Å²) in [6.45, 7) is 2.84. The summed E-state index contributed by atoms with van der Waals surface area (Å²) in [5.74, 6) is 1.37. The predicted octanol–water partition coefficient (Wildman–Crippen LogP) is 2.04. The number of likely N-dealkylation sites (tertiary alicyclic amines) is 1. The van der Waals surface area contributed by atoms with Crippen molar-refractivity contribution in [1.82, 2.24) is 4.90 Å². The quantitative estimate of drug-likeness (QED) is 0.800. The number of nitrogens with zero attached hydrogens (tertiary/aromatic N) is 2. The van der Waals surface area contributed by atoms with Crippen LogP contribution >= 0.6 is 0 Å². The minimum absolute atomic E-state index is 0.507. The maximum absolute atomic E-state index is 11.8. The summed E-state index contributed by atoms with van der Waals surface area (Å²) in [4.78, 5) is 14.1. The van der Waals surface area contributed by atoms with Crippen molar-refractivity contribution in [2.24, 2.45) is 0 Å².